The lowest BCUT2D eigenvalue weighted by Crippen LogP contribution is -2.03. The van der Waals surface area contributed by atoms with Gasteiger partial charge in [0.15, 0.2) is 0 Å². The van der Waals surface area contributed by atoms with Crippen LogP contribution in [0.25, 0.3) is 0 Å². The van der Waals surface area contributed by atoms with Crippen molar-refractivity contribution in [3.05, 3.63) is 0 Å². The SMILES string of the molecule is CC(=O)CC(=O)O.NC(=O)O. The van der Waals surface area contributed by atoms with Crippen molar-refractivity contribution in [3.8, 4) is 0 Å². The van der Waals surface area contributed by atoms with Gasteiger partial charge in [-0.1, -0.05) is 0 Å². The topological polar surface area (TPSA) is 118 Å². The molecule has 0 radical (unpaired) electrons. The maximum atomic E-state index is 9.87. The van der Waals surface area contributed by atoms with E-state index in [2.05, 4.69) is 5.73 Å². The number of carboxylic acids is 1. The molecule has 0 bridgehead atoms. The van der Waals surface area contributed by atoms with Crippen LogP contribution in [-0.2, 0) is 9.59 Å². The third-order valence-corrected chi connectivity index (χ3v) is 0.400. The third-order valence-electron chi connectivity index (χ3n) is 0.400. The second-order valence-corrected chi connectivity index (χ2v) is 1.61. The normalized spacial score (nSPS) is 7.36. The molecule has 0 saturated carbocycles. The van der Waals surface area contributed by atoms with Crippen LogP contribution in [0.15, 0.2) is 0 Å². The molecule has 0 aromatic carbocycles. The summed E-state index contributed by atoms with van der Waals surface area (Å²) in [5.41, 5.74) is 4.03. The Morgan fingerprint density at radius 3 is 1.55 bits per heavy atom. The number of nitrogens with two attached hydrogens (primary N) is 1. The van der Waals surface area contributed by atoms with Gasteiger partial charge in [0.05, 0.1) is 0 Å². The van der Waals surface area contributed by atoms with Gasteiger partial charge in [0, 0.05) is 0 Å². The van der Waals surface area contributed by atoms with Gasteiger partial charge in [0.2, 0.25) is 0 Å². The van der Waals surface area contributed by atoms with E-state index in [-0.39, 0.29) is 12.2 Å². The summed E-state index contributed by atoms with van der Waals surface area (Å²) in [6.45, 7) is 1.24. The summed E-state index contributed by atoms with van der Waals surface area (Å²) in [6.07, 6.45) is -1.69. The van der Waals surface area contributed by atoms with Crippen molar-refractivity contribution in [2.75, 3.05) is 0 Å². The smallest absolute Gasteiger partial charge is 0.402 e. The van der Waals surface area contributed by atoms with Crippen molar-refractivity contribution in [2.45, 2.75) is 13.3 Å². The lowest BCUT2D eigenvalue weighted by atomic mass is 10.3. The molecule has 11 heavy (non-hydrogen) atoms. The number of aliphatic carboxylic acids is 1. The zero-order valence-corrected chi connectivity index (χ0v) is 5.90. The van der Waals surface area contributed by atoms with Crippen LogP contribution in [0.3, 0.4) is 0 Å². The number of rotatable bonds is 2. The van der Waals surface area contributed by atoms with Crippen LogP contribution in [0.1, 0.15) is 13.3 Å². The van der Waals surface area contributed by atoms with E-state index in [9.17, 15) is 9.59 Å². The molecule has 0 fully saturated rings. The van der Waals surface area contributed by atoms with Crippen LogP contribution in [0.2, 0.25) is 0 Å². The van der Waals surface area contributed by atoms with Crippen LogP contribution in [0.4, 0.5) is 4.79 Å². The number of Topliss-reactive ketones (excluding diaryl/α,β-unsaturated/α-hetero) is 1. The Bertz CT molecular complexity index is 148. The highest BCUT2D eigenvalue weighted by Gasteiger charge is 1.98. The largest absolute Gasteiger partial charge is 0.481 e. The molecule has 0 aromatic rings. The van der Waals surface area contributed by atoms with E-state index in [4.69, 9.17) is 15.0 Å². The van der Waals surface area contributed by atoms with Crippen molar-refractivity contribution in [1.82, 2.24) is 0 Å². The molecule has 0 unspecified atom stereocenters. The van der Waals surface area contributed by atoms with E-state index in [0.717, 1.165) is 0 Å². The molecular weight excluding hydrogens is 154 g/mol. The molecule has 0 aliphatic heterocycles. The molecule has 0 saturated heterocycles. The Balaban J connectivity index is 0. The van der Waals surface area contributed by atoms with E-state index < -0.39 is 12.1 Å². The van der Waals surface area contributed by atoms with E-state index in [1.165, 1.54) is 6.92 Å². The Kier molecular flexibility index (Phi) is 7.19. The first-order chi connectivity index (χ1) is 4.86. The molecule has 0 heterocycles. The van der Waals surface area contributed by atoms with Gasteiger partial charge in [-0.05, 0) is 6.92 Å². The zero-order valence-electron chi connectivity index (χ0n) is 5.90. The summed E-state index contributed by atoms with van der Waals surface area (Å²) in [6, 6.07) is 0. The Hall–Kier alpha value is -1.59. The van der Waals surface area contributed by atoms with Crippen LogP contribution in [0.5, 0.6) is 0 Å². The number of primary amides is 1. The average molecular weight is 163 g/mol. The fraction of sp³-hybridized carbons (Fsp3) is 0.400. The number of carbonyl (C=O) groups is 3. The van der Waals surface area contributed by atoms with Gasteiger partial charge in [-0.3, -0.25) is 9.59 Å². The molecule has 6 heteroatoms. The summed E-state index contributed by atoms with van der Waals surface area (Å²) in [7, 11) is 0. The summed E-state index contributed by atoms with van der Waals surface area (Å²) in [4.78, 5) is 28.2. The minimum absolute atomic E-state index is 0.312. The quantitative estimate of drug-likeness (QED) is 0.482. The van der Waals surface area contributed by atoms with Gasteiger partial charge in [-0.2, -0.15) is 0 Å². The second-order valence-electron chi connectivity index (χ2n) is 1.61. The number of carbonyl (C=O) groups excluding carboxylic acids is 1. The second kappa shape index (κ2) is 6.53. The molecule has 0 aromatic heterocycles. The fourth-order valence-electron chi connectivity index (χ4n) is 0.213. The van der Waals surface area contributed by atoms with E-state index in [1.807, 2.05) is 0 Å². The minimum atomic E-state index is -1.33. The van der Waals surface area contributed by atoms with Crippen LogP contribution in [0, 0.1) is 0 Å². The van der Waals surface area contributed by atoms with Crippen molar-refractivity contribution >= 4 is 17.8 Å². The molecule has 6 nitrogen and oxygen atoms in total. The Morgan fingerprint density at radius 1 is 1.27 bits per heavy atom. The van der Waals surface area contributed by atoms with Gasteiger partial charge in [-0.15, -0.1) is 0 Å². The van der Waals surface area contributed by atoms with Gasteiger partial charge >= 0.3 is 12.1 Å². The highest BCUT2D eigenvalue weighted by atomic mass is 16.4. The van der Waals surface area contributed by atoms with Gasteiger partial charge in [-0.25, -0.2) is 4.79 Å². The lowest BCUT2D eigenvalue weighted by Gasteiger charge is -1.80. The standard InChI is InChI=1S/C4H6O3.CH3NO2/c1-3(5)2-4(6)7;2-1(3)4/h2H2,1H3,(H,6,7);2H2,(H,3,4). The first-order valence-corrected chi connectivity index (χ1v) is 2.56. The van der Waals surface area contributed by atoms with E-state index >= 15 is 0 Å². The van der Waals surface area contributed by atoms with Gasteiger partial charge in [0.1, 0.15) is 12.2 Å². The van der Waals surface area contributed by atoms with Crippen LogP contribution in [-0.4, -0.2) is 28.1 Å². The minimum Gasteiger partial charge on any atom is -0.481 e. The number of hydrogen-bond acceptors (Lipinski definition) is 3. The maximum absolute atomic E-state index is 9.87. The van der Waals surface area contributed by atoms with Gasteiger partial charge in [0.25, 0.3) is 0 Å². The molecule has 4 N–H and O–H groups in total. The van der Waals surface area contributed by atoms with Crippen molar-refractivity contribution in [1.29, 1.82) is 0 Å². The molecule has 64 valence electrons. The Morgan fingerprint density at radius 2 is 1.55 bits per heavy atom. The lowest BCUT2D eigenvalue weighted by molar-refractivity contribution is -0.139. The molecule has 0 rings (SSSR count). The highest BCUT2D eigenvalue weighted by molar-refractivity contribution is 5.93. The molecule has 0 spiro atoms. The fourth-order valence-corrected chi connectivity index (χ4v) is 0.213. The predicted octanol–water partition coefficient (Wildman–Crippen LogP) is -0.327. The van der Waals surface area contributed by atoms with Crippen LogP contribution >= 0.6 is 0 Å². The molecule has 0 aliphatic carbocycles. The number of carboxylic acid groups (broad SMARTS) is 2. The first-order valence-electron chi connectivity index (χ1n) is 2.56. The monoisotopic (exact) mass is 163 g/mol. The third kappa shape index (κ3) is 59.5. The predicted molar refractivity (Wildman–Crippen MR) is 35.1 cm³/mol. The molecular formula is C5H9NO5. The summed E-state index contributed by atoms with van der Waals surface area (Å²) < 4.78 is 0. The number of amides is 1. The van der Waals surface area contributed by atoms with E-state index in [1.54, 1.807) is 0 Å². The van der Waals surface area contributed by atoms with Crippen molar-refractivity contribution < 1.29 is 24.6 Å². The van der Waals surface area contributed by atoms with E-state index in [0.29, 0.717) is 0 Å². The summed E-state index contributed by atoms with van der Waals surface area (Å²) in [5.74, 6) is -1.37. The first kappa shape index (κ1) is 12.1. The average Bonchev–Trinajstić information content (AvgIpc) is 1.56. The van der Waals surface area contributed by atoms with Crippen molar-refractivity contribution in [2.24, 2.45) is 5.73 Å². The molecule has 1 amide bonds. The maximum Gasteiger partial charge on any atom is 0.402 e. The highest BCUT2D eigenvalue weighted by Crippen LogP contribution is 1.77. The summed E-state index contributed by atoms with van der Waals surface area (Å²) in [5, 5.41) is 15.1. The molecule has 0 aliphatic rings. The molecule has 0 atom stereocenters. The van der Waals surface area contributed by atoms with Crippen molar-refractivity contribution in [3.63, 3.8) is 0 Å². The van der Waals surface area contributed by atoms with Crippen LogP contribution < -0.4 is 5.73 Å². The zero-order chi connectivity index (χ0) is 9.44. The van der Waals surface area contributed by atoms with Gasteiger partial charge < -0.3 is 15.9 Å². The Labute approximate surface area is 62.6 Å². The summed E-state index contributed by atoms with van der Waals surface area (Å²) >= 11 is 0. The number of ketones is 1. The number of hydrogen-bond donors (Lipinski definition) is 3.